The second kappa shape index (κ2) is 13.9. The molecule has 0 spiro atoms. The molecule has 228 valence electrons. The number of unbranched alkanes of at least 4 members (excludes halogenated alkanes) is 1. The van der Waals surface area contributed by atoms with Crippen LogP contribution in [0.25, 0.3) is 0 Å². The van der Waals surface area contributed by atoms with Gasteiger partial charge in [-0.25, -0.2) is 0 Å². The Labute approximate surface area is 242 Å². The molecule has 4 rings (SSSR count). The van der Waals surface area contributed by atoms with Crippen LogP contribution < -0.4 is 16.4 Å². The molecule has 0 saturated heterocycles. The van der Waals surface area contributed by atoms with E-state index in [9.17, 15) is 5.11 Å². The molecule has 0 radical (unpaired) electrons. The summed E-state index contributed by atoms with van der Waals surface area (Å²) >= 11 is 0. The summed E-state index contributed by atoms with van der Waals surface area (Å²) in [5.41, 5.74) is 6.47. The molecule has 4 saturated carbocycles. The number of aliphatic hydroxyl groups excluding tert-OH is 1. The lowest BCUT2D eigenvalue weighted by Crippen LogP contribution is -2.59. The summed E-state index contributed by atoms with van der Waals surface area (Å²) in [7, 11) is 0. The first-order valence-electron chi connectivity index (χ1n) is 17.4. The molecule has 6 unspecified atom stereocenters. The van der Waals surface area contributed by atoms with E-state index < -0.39 is 0 Å². The van der Waals surface area contributed by atoms with Gasteiger partial charge in [0.25, 0.3) is 0 Å². The zero-order chi connectivity index (χ0) is 28.2. The van der Waals surface area contributed by atoms with Crippen molar-refractivity contribution >= 4 is 0 Å². The summed E-state index contributed by atoms with van der Waals surface area (Å²) in [6.07, 6.45) is 16.8. The quantitative estimate of drug-likeness (QED) is 0.177. The van der Waals surface area contributed by atoms with E-state index in [2.05, 4.69) is 52.2 Å². The molecule has 0 aromatic rings. The minimum Gasteiger partial charge on any atom is -0.393 e. The Bertz CT molecular complexity index is 743. The van der Waals surface area contributed by atoms with E-state index in [0.29, 0.717) is 28.7 Å². The van der Waals surface area contributed by atoms with Gasteiger partial charge < -0.3 is 21.5 Å². The van der Waals surface area contributed by atoms with Crippen LogP contribution in [0.5, 0.6) is 0 Å². The van der Waals surface area contributed by atoms with E-state index in [-0.39, 0.29) is 6.10 Å². The molecule has 0 aromatic heterocycles. The molecule has 39 heavy (non-hydrogen) atoms. The number of rotatable bonds is 14. The average Bonchev–Trinajstić information content (AvgIpc) is 3.26. The predicted octanol–water partition coefficient (Wildman–Crippen LogP) is 7.00. The fourth-order valence-electron chi connectivity index (χ4n) is 10.5. The normalized spacial score (nSPS) is 41.6. The molecular formula is C35H67N3O. The Morgan fingerprint density at radius 1 is 0.821 bits per heavy atom. The summed E-state index contributed by atoms with van der Waals surface area (Å²) in [5.74, 6) is 6.02. The van der Waals surface area contributed by atoms with Gasteiger partial charge in [0.15, 0.2) is 0 Å². The van der Waals surface area contributed by atoms with Crippen LogP contribution in [0.15, 0.2) is 0 Å². The topological polar surface area (TPSA) is 70.3 Å². The smallest absolute Gasteiger partial charge is 0.0577 e. The van der Waals surface area contributed by atoms with E-state index in [1.807, 2.05) is 0 Å². The summed E-state index contributed by atoms with van der Waals surface area (Å²) in [6.45, 7) is 19.2. The van der Waals surface area contributed by atoms with E-state index in [1.165, 1.54) is 70.6 Å². The number of nitrogens with two attached hydrogens (primary N) is 1. The molecule has 0 aromatic carbocycles. The second-order valence-electron chi connectivity index (χ2n) is 15.8. The van der Waals surface area contributed by atoms with E-state index in [1.54, 1.807) is 0 Å². The molecule has 0 heterocycles. The van der Waals surface area contributed by atoms with Crippen LogP contribution in [-0.2, 0) is 0 Å². The summed E-state index contributed by atoms with van der Waals surface area (Å²) in [4.78, 5) is 0. The van der Waals surface area contributed by atoms with Crippen molar-refractivity contribution in [3.05, 3.63) is 0 Å². The number of hydrogen-bond donors (Lipinski definition) is 4. The zero-order valence-corrected chi connectivity index (χ0v) is 26.8. The van der Waals surface area contributed by atoms with Gasteiger partial charge in [0.05, 0.1) is 6.10 Å². The highest BCUT2D eigenvalue weighted by molar-refractivity contribution is 5.12. The molecule has 0 amide bonds. The average molecular weight is 546 g/mol. The van der Waals surface area contributed by atoms with Gasteiger partial charge in [0, 0.05) is 6.04 Å². The Kier molecular flexibility index (Phi) is 11.3. The van der Waals surface area contributed by atoms with Crippen molar-refractivity contribution in [1.82, 2.24) is 10.6 Å². The van der Waals surface area contributed by atoms with Crippen LogP contribution in [0.4, 0.5) is 0 Å². The molecule has 4 fully saturated rings. The van der Waals surface area contributed by atoms with E-state index >= 15 is 0 Å². The summed E-state index contributed by atoms with van der Waals surface area (Å²) < 4.78 is 0. The van der Waals surface area contributed by atoms with Crippen molar-refractivity contribution in [1.29, 1.82) is 0 Å². The van der Waals surface area contributed by atoms with Crippen molar-refractivity contribution in [3.63, 3.8) is 0 Å². The Hall–Kier alpha value is -0.160. The predicted molar refractivity (Wildman–Crippen MR) is 167 cm³/mol. The Morgan fingerprint density at radius 2 is 1.54 bits per heavy atom. The third kappa shape index (κ3) is 6.91. The largest absolute Gasteiger partial charge is 0.393 e. The van der Waals surface area contributed by atoms with Gasteiger partial charge in [-0.05, 0) is 155 Å². The highest BCUT2D eigenvalue weighted by Crippen LogP contribution is 2.68. The molecule has 4 nitrogen and oxygen atoms in total. The van der Waals surface area contributed by atoms with Crippen LogP contribution in [-0.4, -0.2) is 43.4 Å². The maximum Gasteiger partial charge on any atom is 0.0577 e. The monoisotopic (exact) mass is 546 g/mol. The van der Waals surface area contributed by atoms with Crippen molar-refractivity contribution < 1.29 is 5.11 Å². The van der Waals surface area contributed by atoms with Gasteiger partial charge in [-0.1, -0.05) is 54.4 Å². The zero-order valence-electron chi connectivity index (χ0n) is 26.8. The highest BCUT2D eigenvalue weighted by atomic mass is 16.3. The molecule has 4 heteroatoms. The lowest BCUT2D eigenvalue weighted by Gasteiger charge is -2.62. The van der Waals surface area contributed by atoms with Crippen LogP contribution in [0.3, 0.4) is 0 Å². The molecule has 5 N–H and O–H groups in total. The maximum atomic E-state index is 11.8. The summed E-state index contributed by atoms with van der Waals surface area (Å²) in [6, 6.07) is 0.642. The molecule has 0 aliphatic heterocycles. The van der Waals surface area contributed by atoms with Crippen molar-refractivity contribution in [2.24, 2.45) is 63.9 Å². The van der Waals surface area contributed by atoms with Crippen molar-refractivity contribution in [2.75, 3.05) is 26.2 Å². The number of hydrogen-bond acceptors (Lipinski definition) is 4. The van der Waals surface area contributed by atoms with Crippen LogP contribution >= 0.6 is 0 Å². The highest BCUT2D eigenvalue weighted by Gasteiger charge is 2.62. The lowest BCUT2D eigenvalue weighted by molar-refractivity contribution is -0.167. The van der Waals surface area contributed by atoms with Crippen molar-refractivity contribution in [3.8, 4) is 0 Å². The minimum absolute atomic E-state index is 0.0795. The van der Waals surface area contributed by atoms with E-state index in [4.69, 9.17) is 5.73 Å². The maximum absolute atomic E-state index is 11.8. The first kappa shape index (κ1) is 31.8. The SMILES string of the molecule is CC(C)C(C)CC[C@@H](C)C1CCC2C3C(O)C[C@H]4C[C@@H](NCCCNCCCCN)CC[C@]4(C)C3CC[C@@]21C. The van der Waals surface area contributed by atoms with Crippen LogP contribution in [0.1, 0.15) is 125 Å². The van der Waals surface area contributed by atoms with E-state index in [0.717, 1.165) is 74.5 Å². The fourth-order valence-corrected chi connectivity index (χ4v) is 10.5. The number of aliphatic hydroxyl groups is 1. The molecule has 4 aliphatic carbocycles. The van der Waals surface area contributed by atoms with Gasteiger partial charge in [0.1, 0.15) is 0 Å². The van der Waals surface area contributed by atoms with Crippen LogP contribution in [0.2, 0.25) is 0 Å². The van der Waals surface area contributed by atoms with Gasteiger partial charge in [-0.2, -0.15) is 0 Å². The Morgan fingerprint density at radius 3 is 2.28 bits per heavy atom. The Balaban J connectivity index is 1.30. The van der Waals surface area contributed by atoms with Gasteiger partial charge in [-0.3, -0.25) is 0 Å². The van der Waals surface area contributed by atoms with Crippen molar-refractivity contribution in [2.45, 2.75) is 137 Å². The molecular weight excluding hydrogens is 478 g/mol. The number of nitrogens with one attached hydrogen (secondary N) is 2. The molecule has 4 aliphatic rings. The van der Waals surface area contributed by atoms with Gasteiger partial charge >= 0.3 is 0 Å². The molecule has 0 bridgehead atoms. The molecule has 11 atom stereocenters. The first-order chi connectivity index (χ1) is 18.6. The summed E-state index contributed by atoms with van der Waals surface area (Å²) in [5, 5.41) is 19.2. The fraction of sp³-hybridized carbons (Fsp3) is 1.00. The van der Waals surface area contributed by atoms with Crippen LogP contribution in [0, 0.1) is 58.2 Å². The third-order valence-electron chi connectivity index (χ3n) is 13.4. The minimum atomic E-state index is -0.0795. The standard InChI is InChI=1S/C35H67N3O/c1-24(2)25(3)10-11-26(4)29-12-13-30-33-31(15-17-35(29,30)6)34(5)16-14-28(22-27(34)23-32(33)39)38-21-9-20-37-19-8-7-18-36/h24-33,37-39H,7-23,36H2,1-6H3/t25?,26-,27-,28+,29?,30?,31?,32?,33?,34+,35-/m1/s1. The second-order valence-corrected chi connectivity index (χ2v) is 15.8. The van der Waals surface area contributed by atoms with Gasteiger partial charge in [-0.15, -0.1) is 0 Å². The number of fused-ring (bicyclic) bond motifs is 5. The lowest BCUT2D eigenvalue weighted by atomic mass is 9.43. The first-order valence-corrected chi connectivity index (χ1v) is 17.4. The third-order valence-corrected chi connectivity index (χ3v) is 13.4. The van der Waals surface area contributed by atoms with Gasteiger partial charge in [0.2, 0.25) is 0 Å².